The summed E-state index contributed by atoms with van der Waals surface area (Å²) in [6, 6.07) is 9.17. The van der Waals surface area contributed by atoms with Crippen molar-refractivity contribution in [3.05, 3.63) is 52.9 Å². The highest BCUT2D eigenvalue weighted by molar-refractivity contribution is 6.30. The first-order chi connectivity index (χ1) is 14.6. The number of halogens is 1. The summed E-state index contributed by atoms with van der Waals surface area (Å²) in [5, 5.41) is 3.53. The highest BCUT2D eigenvalue weighted by Crippen LogP contribution is 2.53. The van der Waals surface area contributed by atoms with Gasteiger partial charge in [0.2, 0.25) is 24.2 Å². The Hall–Kier alpha value is -3.39. The monoisotopic (exact) mass is 427 g/mol. The Bertz CT molecular complexity index is 1160. The second kappa shape index (κ2) is 7.14. The zero-order valence-corrected chi connectivity index (χ0v) is 17.0. The van der Waals surface area contributed by atoms with E-state index in [-0.39, 0.29) is 25.0 Å². The number of hydrogen-bond donors (Lipinski definition) is 1. The highest BCUT2D eigenvalue weighted by atomic mass is 35.5. The highest BCUT2D eigenvalue weighted by Gasteiger charge is 2.36. The molecule has 154 valence electrons. The Balaban J connectivity index is 1.68. The number of nitrogens with one attached hydrogen (secondary N) is 1. The predicted octanol–water partition coefficient (Wildman–Crippen LogP) is 3.75. The predicted molar refractivity (Wildman–Crippen MR) is 109 cm³/mol. The summed E-state index contributed by atoms with van der Waals surface area (Å²) in [5.74, 6) is 2.07. The fourth-order valence-corrected chi connectivity index (χ4v) is 4.14. The van der Waals surface area contributed by atoms with Crippen LogP contribution in [0.3, 0.4) is 0 Å². The second-order valence-corrected chi connectivity index (χ2v) is 7.34. The number of carbonyl (C=O) groups excluding carboxylic acids is 1. The molecular weight excluding hydrogens is 410 g/mol. The van der Waals surface area contributed by atoms with Gasteiger partial charge in [-0.2, -0.15) is 0 Å². The van der Waals surface area contributed by atoms with Crippen molar-refractivity contribution in [2.24, 2.45) is 0 Å². The zero-order valence-electron chi connectivity index (χ0n) is 16.3. The molecule has 0 fully saturated rings. The van der Waals surface area contributed by atoms with Gasteiger partial charge in [0, 0.05) is 28.6 Å². The van der Waals surface area contributed by atoms with Gasteiger partial charge in [0.15, 0.2) is 11.5 Å². The quantitative estimate of drug-likeness (QED) is 0.682. The van der Waals surface area contributed by atoms with Crippen LogP contribution in [0.25, 0.3) is 5.69 Å². The molecule has 5 rings (SSSR count). The van der Waals surface area contributed by atoms with Gasteiger partial charge in [-0.15, -0.1) is 0 Å². The van der Waals surface area contributed by atoms with Crippen LogP contribution in [0.15, 0.2) is 36.7 Å². The molecule has 3 heterocycles. The molecule has 0 unspecified atom stereocenters. The standard InChI is InChI=1S/C21H18ClN3O5/c1-27-18-14(7-15-19(20(18)28-2)30-10-29-15)13-8-16(26)24-21-17(13)23-9-25(21)12-5-3-4-11(22)6-12/h3-7,9,13H,8,10H2,1-2H3,(H,24,26)/t13-/m0/s1. The Morgan fingerprint density at radius 2 is 2.03 bits per heavy atom. The van der Waals surface area contributed by atoms with Crippen LogP contribution in [0.2, 0.25) is 5.02 Å². The lowest BCUT2D eigenvalue weighted by atomic mass is 9.88. The van der Waals surface area contributed by atoms with Crippen LogP contribution >= 0.6 is 11.6 Å². The minimum Gasteiger partial charge on any atom is -0.492 e. The molecule has 9 heteroatoms. The minimum atomic E-state index is -0.354. The molecule has 3 aromatic rings. The third-order valence-corrected chi connectivity index (χ3v) is 5.48. The van der Waals surface area contributed by atoms with Gasteiger partial charge in [-0.05, 0) is 24.3 Å². The number of nitrogens with zero attached hydrogens (tertiary/aromatic N) is 2. The van der Waals surface area contributed by atoms with Crippen molar-refractivity contribution in [1.29, 1.82) is 0 Å². The molecular formula is C21H18ClN3O5. The molecule has 1 aromatic heterocycles. The third kappa shape index (κ3) is 2.83. The van der Waals surface area contributed by atoms with Crippen molar-refractivity contribution < 1.29 is 23.7 Å². The topological polar surface area (TPSA) is 83.8 Å². The van der Waals surface area contributed by atoms with Crippen LogP contribution in [0.5, 0.6) is 23.0 Å². The number of methoxy groups -OCH3 is 2. The SMILES string of the molecule is COc1c([C@@H]2CC(=O)Nc3c2ncn3-c2cccc(Cl)c2)cc2c(c1OC)OCO2. The lowest BCUT2D eigenvalue weighted by Gasteiger charge is -2.25. The number of amides is 1. The van der Waals surface area contributed by atoms with Crippen molar-refractivity contribution >= 4 is 23.3 Å². The van der Waals surface area contributed by atoms with E-state index in [1.807, 2.05) is 28.8 Å². The number of anilines is 1. The molecule has 2 aliphatic heterocycles. The summed E-state index contributed by atoms with van der Waals surface area (Å²) in [6.07, 6.45) is 1.88. The number of rotatable bonds is 4. The molecule has 1 N–H and O–H groups in total. The van der Waals surface area contributed by atoms with Crippen LogP contribution in [0.1, 0.15) is 23.6 Å². The third-order valence-electron chi connectivity index (χ3n) is 5.25. The van der Waals surface area contributed by atoms with Crippen LogP contribution in [0, 0.1) is 0 Å². The summed E-state index contributed by atoms with van der Waals surface area (Å²) in [5.41, 5.74) is 2.26. The molecule has 2 aromatic carbocycles. The van der Waals surface area contributed by atoms with Crippen LogP contribution in [-0.2, 0) is 4.79 Å². The Kier molecular flexibility index (Phi) is 4.43. The Labute approximate surface area is 177 Å². The summed E-state index contributed by atoms with van der Waals surface area (Å²) < 4.78 is 24.1. The van der Waals surface area contributed by atoms with Crippen LogP contribution in [0.4, 0.5) is 5.82 Å². The molecule has 0 bridgehead atoms. The molecule has 30 heavy (non-hydrogen) atoms. The van der Waals surface area contributed by atoms with Crippen molar-refractivity contribution in [3.63, 3.8) is 0 Å². The maximum absolute atomic E-state index is 12.6. The van der Waals surface area contributed by atoms with E-state index in [2.05, 4.69) is 10.3 Å². The van der Waals surface area contributed by atoms with Gasteiger partial charge in [-0.1, -0.05) is 17.7 Å². The van der Waals surface area contributed by atoms with Gasteiger partial charge in [0.1, 0.15) is 12.1 Å². The van der Waals surface area contributed by atoms with E-state index in [9.17, 15) is 4.79 Å². The molecule has 0 saturated carbocycles. The van der Waals surface area contributed by atoms with E-state index in [0.717, 1.165) is 11.3 Å². The van der Waals surface area contributed by atoms with E-state index in [4.69, 9.17) is 30.5 Å². The maximum atomic E-state index is 12.6. The van der Waals surface area contributed by atoms with Gasteiger partial charge in [-0.3, -0.25) is 9.36 Å². The number of hydrogen-bond acceptors (Lipinski definition) is 6. The van der Waals surface area contributed by atoms with E-state index >= 15 is 0 Å². The summed E-state index contributed by atoms with van der Waals surface area (Å²) in [7, 11) is 3.09. The maximum Gasteiger partial charge on any atom is 0.231 e. The number of benzene rings is 2. The summed E-state index contributed by atoms with van der Waals surface area (Å²) in [4.78, 5) is 17.3. The van der Waals surface area contributed by atoms with E-state index in [1.54, 1.807) is 19.5 Å². The van der Waals surface area contributed by atoms with Crippen molar-refractivity contribution in [1.82, 2.24) is 9.55 Å². The molecule has 1 amide bonds. The first-order valence-electron chi connectivity index (χ1n) is 9.28. The van der Waals surface area contributed by atoms with Gasteiger partial charge >= 0.3 is 0 Å². The van der Waals surface area contributed by atoms with Gasteiger partial charge < -0.3 is 24.3 Å². The number of ether oxygens (including phenoxy) is 4. The number of aromatic nitrogens is 2. The lowest BCUT2D eigenvalue weighted by molar-refractivity contribution is -0.116. The average Bonchev–Trinajstić information content (AvgIpc) is 3.38. The van der Waals surface area contributed by atoms with Crippen LogP contribution in [-0.4, -0.2) is 36.5 Å². The van der Waals surface area contributed by atoms with Crippen molar-refractivity contribution in [3.8, 4) is 28.7 Å². The van der Waals surface area contributed by atoms with Crippen LogP contribution < -0.4 is 24.3 Å². The lowest BCUT2D eigenvalue weighted by Crippen LogP contribution is -2.25. The van der Waals surface area contributed by atoms with Gasteiger partial charge in [-0.25, -0.2) is 4.98 Å². The first-order valence-corrected chi connectivity index (χ1v) is 9.66. The average molecular weight is 428 g/mol. The molecule has 0 saturated heterocycles. The molecule has 2 aliphatic rings. The summed E-state index contributed by atoms with van der Waals surface area (Å²) in [6.45, 7) is 0.0953. The molecule has 0 spiro atoms. The number of fused-ring (bicyclic) bond motifs is 2. The second-order valence-electron chi connectivity index (χ2n) is 6.90. The smallest absolute Gasteiger partial charge is 0.231 e. The first kappa shape index (κ1) is 18.6. The van der Waals surface area contributed by atoms with Gasteiger partial charge in [0.05, 0.1) is 19.9 Å². The van der Waals surface area contributed by atoms with Gasteiger partial charge in [0.25, 0.3) is 0 Å². The molecule has 0 radical (unpaired) electrons. The minimum absolute atomic E-state index is 0.0953. The zero-order chi connectivity index (χ0) is 20.8. The van der Waals surface area contributed by atoms with Crippen molar-refractivity contribution in [2.45, 2.75) is 12.3 Å². The van der Waals surface area contributed by atoms with E-state index < -0.39 is 0 Å². The van der Waals surface area contributed by atoms with Crippen molar-refractivity contribution in [2.75, 3.05) is 26.3 Å². The van der Waals surface area contributed by atoms with E-state index in [0.29, 0.717) is 39.5 Å². The van der Waals surface area contributed by atoms with E-state index in [1.165, 1.54) is 7.11 Å². The Morgan fingerprint density at radius 3 is 2.80 bits per heavy atom. The normalized spacial score (nSPS) is 16.8. The fraction of sp³-hybridized carbons (Fsp3) is 0.238. The number of carbonyl (C=O) groups is 1. The largest absolute Gasteiger partial charge is 0.492 e. The summed E-state index contributed by atoms with van der Waals surface area (Å²) >= 11 is 6.15. The molecule has 8 nitrogen and oxygen atoms in total. The fourth-order valence-electron chi connectivity index (χ4n) is 3.95. The molecule has 1 atom stereocenters. The Morgan fingerprint density at radius 1 is 1.20 bits per heavy atom. The number of imidazole rings is 1. The molecule has 0 aliphatic carbocycles.